The Hall–Kier alpha value is -2.16. The molecule has 1 aromatic carbocycles. The monoisotopic (exact) mass is 270 g/mol. The zero-order valence-corrected chi connectivity index (χ0v) is 10.9. The van der Waals surface area contributed by atoms with Crippen molar-refractivity contribution in [3.05, 3.63) is 41.7 Å². The van der Waals surface area contributed by atoms with E-state index in [4.69, 9.17) is 9.68 Å². The molecule has 94 valence electrons. The first-order valence-electron chi connectivity index (χ1n) is 5.72. The predicted octanol–water partition coefficient (Wildman–Crippen LogP) is 3.42. The molecular weight excluding hydrogens is 260 g/mol. The maximum Gasteiger partial charge on any atom is 0.198 e. The summed E-state index contributed by atoms with van der Waals surface area (Å²) in [5, 5.41) is 18.8. The number of benzene rings is 1. The van der Waals surface area contributed by atoms with Crippen molar-refractivity contribution in [2.45, 2.75) is 13.0 Å². The maximum atomic E-state index is 9.39. The normalized spacial score (nSPS) is 12.5. The van der Waals surface area contributed by atoms with Gasteiger partial charge in [0.25, 0.3) is 0 Å². The molecule has 1 unspecified atom stereocenters. The Morgan fingerprint density at radius 3 is 3.00 bits per heavy atom. The van der Waals surface area contributed by atoms with Crippen molar-refractivity contribution in [2.24, 2.45) is 0 Å². The van der Waals surface area contributed by atoms with E-state index in [0.717, 1.165) is 15.2 Å². The topological polar surface area (TPSA) is 70.1 Å². The van der Waals surface area contributed by atoms with Gasteiger partial charge in [0.15, 0.2) is 16.9 Å². The van der Waals surface area contributed by atoms with Crippen molar-refractivity contribution < 1.29 is 9.52 Å². The molecule has 0 aliphatic rings. The van der Waals surface area contributed by atoms with Crippen molar-refractivity contribution in [3.63, 3.8) is 0 Å². The molecule has 1 atom stereocenters. The molecule has 0 saturated heterocycles. The highest BCUT2D eigenvalue weighted by Gasteiger charge is 2.14. The van der Waals surface area contributed by atoms with E-state index < -0.39 is 6.10 Å². The van der Waals surface area contributed by atoms with Gasteiger partial charge >= 0.3 is 0 Å². The number of nitrogens with zero attached hydrogens (tertiary/aromatic N) is 2. The standard InChI is InChI=1S/C14H10N2O2S/c1-8-2-3-9-13(6-8)19-14(16-9)12-5-4-11(18-12)10(17)7-15/h2-6,10,17H,1H3. The number of rotatable bonds is 2. The Kier molecular flexibility index (Phi) is 2.82. The van der Waals surface area contributed by atoms with Crippen molar-refractivity contribution in [1.29, 1.82) is 5.26 Å². The fraction of sp³-hybridized carbons (Fsp3) is 0.143. The summed E-state index contributed by atoms with van der Waals surface area (Å²) in [5.41, 5.74) is 2.10. The van der Waals surface area contributed by atoms with Gasteiger partial charge in [0.05, 0.1) is 10.2 Å². The molecule has 1 N–H and O–H groups in total. The first-order valence-corrected chi connectivity index (χ1v) is 6.54. The molecule has 19 heavy (non-hydrogen) atoms. The third kappa shape index (κ3) is 2.12. The van der Waals surface area contributed by atoms with E-state index in [1.165, 1.54) is 16.9 Å². The van der Waals surface area contributed by atoms with Crippen LogP contribution in [0.2, 0.25) is 0 Å². The Labute approximate surface area is 113 Å². The van der Waals surface area contributed by atoms with Gasteiger partial charge in [-0.15, -0.1) is 11.3 Å². The lowest BCUT2D eigenvalue weighted by molar-refractivity contribution is 0.205. The number of aliphatic hydroxyl groups excluding tert-OH is 1. The Morgan fingerprint density at radius 1 is 1.37 bits per heavy atom. The highest BCUT2D eigenvalue weighted by Crippen LogP contribution is 2.32. The molecule has 0 fully saturated rings. The average molecular weight is 270 g/mol. The molecule has 0 radical (unpaired) electrons. The summed E-state index contributed by atoms with van der Waals surface area (Å²) in [6.07, 6.45) is -1.23. The number of fused-ring (bicyclic) bond motifs is 1. The molecule has 3 rings (SSSR count). The van der Waals surface area contributed by atoms with Gasteiger partial charge in [-0.3, -0.25) is 0 Å². The van der Waals surface area contributed by atoms with Crippen molar-refractivity contribution in [1.82, 2.24) is 4.98 Å². The molecule has 2 heterocycles. The zero-order chi connectivity index (χ0) is 13.4. The van der Waals surface area contributed by atoms with Crippen molar-refractivity contribution in [3.8, 4) is 16.8 Å². The van der Waals surface area contributed by atoms with Crippen molar-refractivity contribution in [2.75, 3.05) is 0 Å². The number of aromatic nitrogens is 1. The molecule has 5 heteroatoms. The minimum Gasteiger partial charge on any atom is -0.455 e. The lowest BCUT2D eigenvalue weighted by Crippen LogP contribution is -1.88. The van der Waals surface area contributed by atoms with E-state index in [0.29, 0.717) is 5.76 Å². The molecule has 0 aliphatic carbocycles. The third-order valence-electron chi connectivity index (χ3n) is 2.77. The molecule has 2 aromatic heterocycles. The molecule has 4 nitrogen and oxygen atoms in total. The lowest BCUT2D eigenvalue weighted by atomic mass is 10.2. The second-order valence-corrected chi connectivity index (χ2v) is 5.25. The zero-order valence-electron chi connectivity index (χ0n) is 10.1. The van der Waals surface area contributed by atoms with Crippen LogP contribution in [0.3, 0.4) is 0 Å². The summed E-state index contributed by atoms with van der Waals surface area (Å²) < 4.78 is 6.55. The van der Waals surface area contributed by atoms with Crippen LogP contribution in [-0.2, 0) is 0 Å². The SMILES string of the molecule is Cc1ccc2nc(-c3ccc(C(O)C#N)o3)sc2c1. The van der Waals surface area contributed by atoms with Crippen LogP contribution in [0.1, 0.15) is 17.4 Å². The van der Waals surface area contributed by atoms with Gasteiger partial charge in [-0.2, -0.15) is 5.26 Å². The summed E-state index contributed by atoms with van der Waals surface area (Å²) in [5.74, 6) is 0.816. The minimum atomic E-state index is -1.23. The molecule has 0 saturated carbocycles. The van der Waals surface area contributed by atoms with Crippen LogP contribution >= 0.6 is 11.3 Å². The summed E-state index contributed by atoms with van der Waals surface area (Å²) in [4.78, 5) is 4.48. The van der Waals surface area contributed by atoms with Gasteiger partial charge in [-0.25, -0.2) is 4.98 Å². The summed E-state index contributed by atoms with van der Waals surface area (Å²) in [6.45, 7) is 2.03. The smallest absolute Gasteiger partial charge is 0.198 e. The highest BCUT2D eigenvalue weighted by molar-refractivity contribution is 7.21. The van der Waals surface area contributed by atoms with E-state index in [1.54, 1.807) is 18.2 Å². The number of hydrogen-bond acceptors (Lipinski definition) is 5. The van der Waals surface area contributed by atoms with Gasteiger partial charge in [0, 0.05) is 0 Å². The van der Waals surface area contributed by atoms with Gasteiger partial charge in [-0.1, -0.05) is 6.07 Å². The largest absolute Gasteiger partial charge is 0.455 e. The van der Waals surface area contributed by atoms with Gasteiger partial charge < -0.3 is 9.52 Å². The summed E-state index contributed by atoms with van der Waals surface area (Å²) >= 11 is 1.53. The number of aliphatic hydroxyl groups is 1. The van der Waals surface area contributed by atoms with E-state index >= 15 is 0 Å². The van der Waals surface area contributed by atoms with Crippen LogP contribution in [0.15, 0.2) is 34.7 Å². The van der Waals surface area contributed by atoms with Crippen LogP contribution in [0.4, 0.5) is 0 Å². The molecular formula is C14H10N2O2S. The number of thiazole rings is 1. The van der Waals surface area contributed by atoms with Crippen LogP contribution in [0.5, 0.6) is 0 Å². The minimum absolute atomic E-state index is 0.243. The second kappa shape index (κ2) is 4.50. The molecule has 0 aliphatic heterocycles. The van der Waals surface area contributed by atoms with Crippen LogP contribution in [0.25, 0.3) is 21.0 Å². The highest BCUT2D eigenvalue weighted by atomic mass is 32.1. The van der Waals surface area contributed by atoms with E-state index in [1.807, 2.05) is 19.1 Å². The maximum absolute atomic E-state index is 9.39. The van der Waals surface area contributed by atoms with Crippen LogP contribution < -0.4 is 0 Å². The number of aryl methyl sites for hydroxylation is 1. The quantitative estimate of drug-likeness (QED) is 0.724. The average Bonchev–Trinajstić information content (AvgIpc) is 3.03. The van der Waals surface area contributed by atoms with E-state index in [9.17, 15) is 5.11 Å². The van der Waals surface area contributed by atoms with Crippen molar-refractivity contribution >= 4 is 21.6 Å². The molecule has 3 aromatic rings. The van der Waals surface area contributed by atoms with Gasteiger partial charge in [0.2, 0.25) is 0 Å². The Morgan fingerprint density at radius 2 is 2.21 bits per heavy atom. The van der Waals surface area contributed by atoms with E-state index in [2.05, 4.69) is 11.1 Å². The summed E-state index contributed by atoms with van der Waals surface area (Å²) in [6, 6.07) is 11.1. The third-order valence-corrected chi connectivity index (χ3v) is 3.81. The van der Waals surface area contributed by atoms with Crippen LogP contribution in [-0.4, -0.2) is 10.1 Å². The number of nitriles is 1. The predicted molar refractivity (Wildman–Crippen MR) is 72.6 cm³/mol. The molecule has 0 bridgehead atoms. The first-order chi connectivity index (χ1) is 9.17. The number of hydrogen-bond donors (Lipinski definition) is 1. The Balaban J connectivity index is 2.04. The van der Waals surface area contributed by atoms with Crippen LogP contribution in [0, 0.1) is 18.3 Å². The number of furan rings is 1. The molecule has 0 amide bonds. The summed E-state index contributed by atoms with van der Waals surface area (Å²) in [7, 11) is 0. The Bertz CT molecular complexity index is 782. The van der Waals surface area contributed by atoms with Gasteiger partial charge in [0.1, 0.15) is 11.8 Å². The molecule has 0 spiro atoms. The first kappa shape index (κ1) is 11.9. The van der Waals surface area contributed by atoms with E-state index in [-0.39, 0.29) is 5.76 Å². The van der Waals surface area contributed by atoms with Gasteiger partial charge in [-0.05, 0) is 36.8 Å². The lowest BCUT2D eigenvalue weighted by Gasteiger charge is -1.94. The fourth-order valence-electron chi connectivity index (χ4n) is 1.82. The second-order valence-electron chi connectivity index (χ2n) is 4.22. The fourth-order valence-corrected chi connectivity index (χ4v) is 2.84.